The number of carbonyl (C=O) groups is 2. The summed E-state index contributed by atoms with van der Waals surface area (Å²) in [7, 11) is 0. The minimum absolute atomic E-state index is 0.0172. The number of rotatable bonds is 11. The van der Waals surface area contributed by atoms with Crippen LogP contribution in [0.25, 0.3) is 0 Å². The van der Waals surface area contributed by atoms with E-state index < -0.39 is 17.4 Å². The van der Waals surface area contributed by atoms with Crippen LogP contribution in [0.2, 0.25) is 0 Å². The number of carboxylic acids is 2. The van der Waals surface area contributed by atoms with Gasteiger partial charge in [-0.15, -0.1) is 0 Å². The molecule has 0 aliphatic carbocycles. The summed E-state index contributed by atoms with van der Waals surface area (Å²) < 4.78 is 10.4. The summed E-state index contributed by atoms with van der Waals surface area (Å²) in [6, 6.07) is 0. The molecule has 0 aliphatic heterocycles. The zero-order chi connectivity index (χ0) is 14.0. The standard InChI is InChI=1S/C12H22O6/c1-12(2,11(15)16)9-18-7-4-3-6-17-8-5-10(13)14/h3-9H2,1-2H3,(H,13,14)(H,15,16). The van der Waals surface area contributed by atoms with Gasteiger partial charge in [0.25, 0.3) is 0 Å². The highest BCUT2D eigenvalue weighted by Gasteiger charge is 2.27. The number of ether oxygens (including phenoxy) is 2. The molecule has 0 aromatic carbocycles. The summed E-state index contributed by atoms with van der Waals surface area (Å²) in [5.41, 5.74) is -0.863. The van der Waals surface area contributed by atoms with Crippen molar-refractivity contribution in [2.24, 2.45) is 5.41 Å². The molecule has 0 bridgehead atoms. The van der Waals surface area contributed by atoms with Crippen LogP contribution in [-0.2, 0) is 19.1 Å². The van der Waals surface area contributed by atoms with Gasteiger partial charge in [-0.25, -0.2) is 0 Å². The highest BCUT2D eigenvalue weighted by Crippen LogP contribution is 2.15. The van der Waals surface area contributed by atoms with Gasteiger partial charge in [0, 0.05) is 13.2 Å². The SMILES string of the molecule is CC(C)(COCCCCOCCC(=O)O)C(=O)O. The fourth-order valence-electron chi connectivity index (χ4n) is 1.06. The van der Waals surface area contributed by atoms with E-state index in [-0.39, 0.29) is 19.6 Å². The molecule has 6 nitrogen and oxygen atoms in total. The zero-order valence-electron chi connectivity index (χ0n) is 11.0. The minimum Gasteiger partial charge on any atom is -0.481 e. The molecule has 0 fully saturated rings. The van der Waals surface area contributed by atoms with Crippen LogP contribution in [0.5, 0.6) is 0 Å². The summed E-state index contributed by atoms with van der Waals surface area (Å²) >= 11 is 0. The summed E-state index contributed by atoms with van der Waals surface area (Å²) in [6.45, 7) is 4.62. The second-order valence-corrected chi connectivity index (χ2v) is 4.70. The average molecular weight is 262 g/mol. The first-order valence-corrected chi connectivity index (χ1v) is 5.97. The number of unbranched alkanes of at least 4 members (excludes halogenated alkanes) is 1. The van der Waals surface area contributed by atoms with Crippen LogP contribution in [0.4, 0.5) is 0 Å². The maximum atomic E-state index is 10.8. The summed E-state index contributed by atoms with van der Waals surface area (Å²) in [6.07, 6.45) is 1.55. The Morgan fingerprint density at radius 2 is 1.56 bits per heavy atom. The maximum absolute atomic E-state index is 10.8. The number of carboxylic acid groups (broad SMARTS) is 2. The fraction of sp³-hybridized carbons (Fsp3) is 0.833. The van der Waals surface area contributed by atoms with Crippen molar-refractivity contribution in [3.63, 3.8) is 0 Å². The Morgan fingerprint density at radius 1 is 1.00 bits per heavy atom. The Balaban J connectivity index is 3.31. The molecule has 0 rings (SSSR count). The van der Waals surface area contributed by atoms with Crippen LogP contribution in [0.3, 0.4) is 0 Å². The van der Waals surface area contributed by atoms with Crippen molar-refractivity contribution in [3.05, 3.63) is 0 Å². The lowest BCUT2D eigenvalue weighted by Gasteiger charge is -2.18. The van der Waals surface area contributed by atoms with E-state index in [4.69, 9.17) is 19.7 Å². The van der Waals surface area contributed by atoms with Gasteiger partial charge >= 0.3 is 11.9 Å². The maximum Gasteiger partial charge on any atom is 0.311 e. The van der Waals surface area contributed by atoms with Crippen molar-refractivity contribution in [2.75, 3.05) is 26.4 Å². The van der Waals surface area contributed by atoms with E-state index in [9.17, 15) is 9.59 Å². The molecular formula is C12H22O6. The van der Waals surface area contributed by atoms with E-state index in [0.29, 0.717) is 13.2 Å². The molecule has 0 unspecified atom stereocenters. The van der Waals surface area contributed by atoms with Crippen LogP contribution < -0.4 is 0 Å². The van der Waals surface area contributed by atoms with Crippen molar-refractivity contribution in [1.82, 2.24) is 0 Å². The molecule has 0 spiro atoms. The van der Waals surface area contributed by atoms with Crippen molar-refractivity contribution in [1.29, 1.82) is 0 Å². The number of aliphatic carboxylic acids is 2. The van der Waals surface area contributed by atoms with E-state index in [0.717, 1.165) is 12.8 Å². The van der Waals surface area contributed by atoms with E-state index >= 15 is 0 Å². The molecule has 0 atom stereocenters. The molecule has 0 aliphatic rings. The van der Waals surface area contributed by atoms with Crippen LogP contribution >= 0.6 is 0 Å². The highest BCUT2D eigenvalue weighted by molar-refractivity contribution is 5.73. The molecule has 0 heterocycles. The second kappa shape index (κ2) is 8.88. The Bertz CT molecular complexity index is 261. The molecule has 0 aromatic rings. The van der Waals surface area contributed by atoms with E-state index in [1.54, 1.807) is 13.8 Å². The molecule has 18 heavy (non-hydrogen) atoms. The topological polar surface area (TPSA) is 93.1 Å². The predicted molar refractivity (Wildman–Crippen MR) is 64.5 cm³/mol. The summed E-state index contributed by atoms with van der Waals surface area (Å²) in [5, 5.41) is 17.2. The third-order valence-corrected chi connectivity index (χ3v) is 2.33. The van der Waals surface area contributed by atoms with Crippen LogP contribution in [-0.4, -0.2) is 48.6 Å². The number of hydrogen-bond donors (Lipinski definition) is 2. The highest BCUT2D eigenvalue weighted by atomic mass is 16.5. The van der Waals surface area contributed by atoms with Crippen LogP contribution in [0.1, 0.15) is 33.1 Å². The third kappa shape index (κ3) is 8.95. The zero-order valence-corrected chi connectivity index (χ0v) is 11.0. The van der Waals surface area contributed by atoms with Crippen molar-refractivity contribution < 1.29 is 29.3 Å². The largest absolute Gasteiger partial charge is 0.481 e. The minimum atomic E-state index is -0.875. The smallest absolute Gasteiger partial charge is 0.311 e. The van der Waals surface area contributed by atoms with Crippen LogP contribution in [0.15, 0.2) is 0 Å². The van der Waals surface area contributed by atoms with Gasteiger partial charge in [0.1, 0.15) is 0 Å². The molecule has 2 N–H and O–H groups in total. The molecule has 6 heteroatoms. The van der Waals surface area contributed by atoms with Gasteiger partial charge in [0.2, 0.25) is 0 Å². The van der Waals surface area contributed by atoms with Gasteiger partial charge in [0.05, 0.1) is 25.0 Å². The monoisotopic (exact) mass is 262 g/mol. The molecule has 0 amide bonds. The molecule has 0 aromatic heterocycles. The van der Waals surface area contributed by atoms with Crippen molar-refractivity contribution >= 4 is 11.9 Å². The first-order valence-electron chi connectivity index (χ1n) is 5.97. The first kappa shape index (κ1) is 16.9. The van der Waals surface area contributed by atoms with E-state index in [1.165, 1.54) is 0 Å². The normalized spacial score (nSPS) is 11.4. The van der Waals surface area contributed by atoms with Gasteiger partial charge in [-0.2, -0.15) is 0 Å². The third-order valence-electron chi connectivity index (χ3n) is 2.33. The average Bonchev–Trinajstić information content (AvgIpc) is 2.26. The molecular weight excluding hydrogens is 240 g/mol. The van der Waals surface area contributed by atoms with Crippen LogP contribution in [0, 0.1) is 5.41 Å². The lowest BCUT2D eigenvalue weighted by molar-refractivity contribution is -0.150. The molecule has 0 saturated heterocycles. The Hall–Kier alpha value is -1.14. The predicted octanol–water partition coefficient (Wildman–Crippen LogP) is 1.39. The van der Waals surface area contributed by atoms with Crippen molar-refractivity contribution in [3.8, 4) is 0 Å². The van der Waals surface area contributed by atoms with Crippen molar-refractivity contribution in [2.45, 2.75) is 33.1 Å². The lowest BCUT2D eigenvalue weighted by Crippen LogP contribution is -2.29. The Morgan fingerprint density at radius 3 is 2.06 bits per heavy atom. The first-order chi connectivity index (χ1) is 8.36. The summed E-state index contributed by atoms with van der Waals surface area (Å²) in [5.74, 6) is -1.74. The number of hydrogen-bond acceptors (Lipinski definition) is 4. The molecule has 106 valence electrons. The van der Waals surface area contributed by atoms with E-state index in [1.807, 2.05) is 0 Å². The molecule has 0 saturated carbocycles. The second-order valence-electron chi connectivity index (χ2n) is 4.70. The molecule has 0 radical (unpaired) electrons. The van der Waals surface area contributed by atoms with Gasteiger partial charge < -0.3 is 19.7 Å². The van der Waals surface area contributed by atoms with Gasteiger partial charge in [-0.3, -0.25) is 9.59 Å². The summed E-state index contributed by atoms with van der Waals surface area (Å²) in [4.78, 5) is 20.9. The van der Waals surface area contributed by atoms with E-state index in [2.05, 4.69) is 0 Å². The Labute approximate surface area is 107 Å². The van der Waals surface area contributed by atoms with Gasteiger partial charge in [0.15, 0.2) is 0 Å². The Kier molecular flexibility index (Phi) is 8.32. The lowest BCUT2D eigenvalue weighted by atomic mass is 9.95. The van der Waals surface area contributed by atoms with Gasteiger partial charge in [-0.05, 0) is 26.7 Å². The fourth-order valence-corrected chi connectivity index (χ4v) is 1.06. The van der Waals surface area contributed by atoms with Gasteiger partial charge in [-0.1, -0.05) is 0 Å². The quantitative estimate of drug-likeness (QED) is 0.546.